The van der Waals surface area contributed by atoms with Gasteiger partial charge in [0.05, 0.1) is 11.5 Å². The first-order valence-electron chi connectivity index (χ1n) is 6.77. The van der Waals surface area contributed by atoms with Crippen LogP contribution in [-0.2, 0) is 20.5 Å². The number of benzene rings is 1. The molecule has 0 amide bonds. The molecule has 0 heterocycles. The fourth-order valence-electron chi connectivity index (χ4n) is 1.90. The van der Waals surface area contributed by atoms with E-state index in [2.05, 4.69) is 5.73 Å². The SMILES string of the molecule is CC(C)(C)OC(=O)[C@H](C(=O)[O-])[C@@H]([NH3+])c1ccc(C(F)(F)F)cc1. The summed E-state index contributed by atoms with van der Waals surface area (Å²) in [6.45, 7) is 4.69. The number of rotatable bonds is 4. The minimum Gasteiger partial charge on any atom is -0.549 e. The minimum atomic E-state index is -4.51. The Bertz CT molecular complexity index is 576. The second-order valence-electron chi connectivity index (χ2n) is 6.06. The molecule has 128 valence electrons. The van der Waals surface area contributed by atoms with Crippen LogP contribution in [0.4, 0.5) is 13.2 Å². The number of carbonyl (C=O) groups excluding carboxylic acids is 2. The quantitative estimate of drug-likeness (QED) is 0.648. The molecule has 0 aliphatic heterocycles. The molecule has 0 aromatic heterocycles. The Morgan fingerprint density at radius 3 is 1.96 bits per heavy atom. The third-order valence-corrected chi connectivity index (χ3v) is 2.98. The number of ether oxygens (including phenoxy) is 1. The number of carboxylic acids is 1. The molecule has 0 saturated heterocycles. The molecule has 0 unspecified atom stereocenters. The molecule has 8 heteroatoms. The smallest absolute Gasteiger partial charge is 0.416 e. The van der Waals surface area contributed by atoms with Crippen LogP contribution >= 0.6 is 0 Å². The lowest BCUT2D eigenvalue weighted by Crippen LogP contribution is -2.62. The van der Waals surface area contributed by atoms with E-state index in [0.29, 0.717) is 0 Å². The highest BCUT2D eigenvalue weighted by molar-refractivity contribution is 5.94. The van der Waals surface area contributed by atoms with Gasteiger partial charge in [0.2, 0.25) is 0 Å². The molecule has 23 heavy (non-hydrogen) atoms. The van der Waals surface area contributed by atoms with E-state index in [1.165, 1.54) is 0 Å². The summed E-state index contributed by atoms with van der Waals surface area (Å²) >= 11 is 0. The molecule has 1 aromatic rings. The van der Waals surface area contributed by atoms with E-state index in [9.17, 15) is 27.9 Å². The van der Waals surface area contributed by atoms with Gasteiger partial charge in [-0.05, 0) is 32.9 Å². The van der Waals surface area contributed by atoms with E-state index in [0.717, 1.165) is 24.3 Å². The lowest BCUT2D eigenvalue weighted by atomic mass is 9.93. The molecule has 3 N–H and O–H groups in total. The van der Waals surface area contributed by atoms with Crippen LogP contribution in [0, 0.1) is 5.92 Å². The highest BCUT2D eigenvalue weighted by Gasteiger charge is 2.36. The second kappa shape index (κ2) is 6.57. The minimum absolute atomic E-state index is 0.165. The maximum absolute atomic E-state index is 12.5. The Morgan fingerprint density at radius 2 is 1.61 bits per heavy atom. The zero-order valence-electron chi connectivity index (χ0n) is 12.9. The predicted octanol–water partition coefficient (Wildman–Crippen LogP) is 0.696. The van der Waals surface area contributed by atoms with Crippen LogP contribution in [0.2, 0.25) is 0 Å². The molecule has 2 atom stereocenters. The molecule has 0 bridgehead atoms. The van der Waals surface area contributed by atoms with Gasteiger partial charge in [0.25, 0.3) is 0 Å². The van der Waals surface area contributed by atoms with Crippen LogP contribution in [0.3, 0.4) is 0 Å². The molecule has 0 radical (unpaired) electrons. The molecule has 0 spiro atoms. The van der Waals surface area contributed by atoms with Gasteiger partial charge in [-0.2, -0.15) is 13.2 Å². The highest BCUT2D eigenvalue weighted by atomic mass is 19.4. The van der Waals surface area contributed by atoms with Crippen molar-refractivity contribution in [3.8, 4) is 0 Å². The normalized spacial score (nSPS) is 14.9. The molecular weight excluding hydrogens is 315 g/mol. The van der Waals surface area contributed by atoms with Crippen LogP contribution in [0.5, 0.6) is 0 Å². The van der Waals surface area contributed by atoms with Crippen LogP contribution < -0.4 is 10.8 Å². The van der Waals surface area contributed by atoms with Gasteiger partial charge in [0, 0.05) is 5.56 Å². The van der Waals surface area contributed by atoms with Crippen molar-refractivity contribution in [1.82, 2.24) is 0 Å². The number of alkyl halides is 3. The number of aliphatic carboxylic acids is 1. The lowest BCUT2D eigenvalue weighted by Gasteiger charge is -2.26. The number of hydrogen-bond donors (Lipinski definition) is 1. The number of esters is 1. The molecule has 5 nitrogen and oxygen atoms in total. The summed E-state index contributed by atoms with van der Waals surface area (Å²) in [5.74, 6) is -4.46. The van der Waals surface area contributed by atoms with E-state index in [-0.39, 0.29) is 5.56 Å². The van der Waals surface area contributed by atoms with Gasteiger partial charge in [-0.25, -0.2) is 0 Å². The number of quaternary nitrogens is 1. The molecule has 0 aliphatic carbocycles. The summed E-state index contributed by atoms with van der Waals surface area (Å²) < 4.78 is 42.6. The van der Waals surface area contributed by atoms with Crippen molar-refractivity contribution in [1.29, 1.82) is 0 Å². The second-order valence-corrected chi connectivity index (χ2v) is 6.06. The van der Waals surface area contributed by atoms with Crippen molar-refractivity contribution in [3.63, 3.8) is 0 Å². The molecule has 1 aromatic carbocycles. The standard InChI is InChI=1S/C15H18F3NO4/c1-14(2,3)23-13(22)10(12(20)21)11(19)8-4-6-9(7-5-8)15(16,17)18/h4-7,10-11H,19H2,1-3H3,(H,20,21)/t10-,11-/m0/s1. The maximum atomic E-state index is 12.5. The number of hydrogen-bond acceptors (Lipinski definition) is 4. The summed E-state index contributed by atoms with van der Waals surface area (Å²) in [6, 6.07) is 2.63. The third-order valence-electron chi connectivity index (χ3n) is 2.98. The summed E-state index contributed by atoms with van der Waals surface area (Å²) in [4.78, 5) is 23.2. The van der Waals surface area contributed by atoms with Crippen LogP contribution in [-0.4, -0.2) is 17.5 Å². The van der Waals surface area contributed by atoms with Crippen LogP contribution in [0.1, 0.15) is 37.9 Å². The summed E-state index contributed by atoms with van der Waals surface area (Å²) in [5.41, 5.74) is 1.94. The van der Waals surface area contributed by atoms with Crippen molar-refractivity contribution in [2.75, 3.05) is 0 Å². The highest BCUT2D eigenvalue weighted by Crippen LogP contribution is 2.30. The monoisotopic (exact) mass is 333 g/mol. The van der Waals surface area contributed by atoms with Gasteiger partial charge in [0.1, 0.15) is 11.6 Å². The molecule has 0 saturated carbocycles. The maximum Gasteiger partial charge on any atom is 0.416 e. The fraction of sp³-hybridized carbons (Fsp3) is 0.467. The largest absolute Gasteiger partial charge is 0.549 e. The molecule has 1 rings (SSSR count). The number of halogens is 3. The average Bonchev–Trinajstić information content (AvgIpc) is 2.35. The predicted molar refractivity (Wildman–Crippen MR) is 71.4 cm³/mol. The van der Waals surface area contributed by atoms with Gasteiger partial charge >= 0.3 is 12.1 Å². The van der Waals surface area contributed by atoms with E-state index < -0.39 is 41.2 Å². The van der Waals surface area contributed by atoms with E-state index in [4.69, 9.17) is 4.74 Å². The first kappa shape index (κ1) is 19.0. The zero-order valence-corrected chi connectivity index (χ0v) is 12.9. The van der Waals surface area contributed by atoms with E-state index in [1.54, 1.807) is 20.8 Å². The molecule has 0 fully saturated rings. The van der Waals surface area contributed by atoms with Crippen molar-refractivity contribution >= 4 is 11.9 Å². The Kier molecular flexibility index (Phi) is 5.42. The first-order valence-corrected chi connectivity index (χ1v) is 6.77. The van der Waals surface area contributed by atoms with Gasteiger partial charge < -0.3 is 20.4 Å². The van der Waals surface area contributed by atoms with Crippen molar-refractivity contribution in [3.05, 3.63) is 35.4 Å². The fourth-order valence-corrected chi connectivity index (χ4v) is 1.90. The van der Waals surface area contributed by atoms with Crippen molar-refractivity contribution in [2.45, 2.75) is 38.6 Å². The summed E-state index contributed by atoms with van der Waals surface area (Å²) in [5, 5.41) is 11.2. The van der Waals surface area contributed by atoms with Gasteiger partial charge in [-0.3, -0.25) is 4.79 Å². The Labute approximate surface area is 131 Å². The van der Waals surface area contributed by atoms with Crippen LogP contribution in [0.25, 0.3) is 0 Å². The average molecular weight is 333 g/mol. The summed E-state index contributed by atoms with van der Waals surface area (Å²) in [6.07, 6.45) is -4.51. The molecular formula is C15H18F3NO4. The number of carbonyl (C=O) groups is 2. The Balaban J connectivity index is 3.05. The zero-order chi connectivity index (χ0) is 18.0. The van der Waals surface area contributed by atoms with Crippen LogP contribution in [0.15, 0.2) is 24.3 Å². The number of carboxylic acid groups (broad SMARTS) is 1. The Morgan fingerprint density at radius 1 is 1.13 bits per heavy atom. The van der Waals surface area contributed by atoms with Gasteiger partial charge in [0.15, 0.2) is 5.92 Å². The third kappa shape index (κ3) is 5.24. The Hall–Kier alpha value is -2.09. The van der Waals surface area contributed by atoms with Crippen molar-refractivity contribution < 1.29 is 38.3 Å². The van der Waals surface area contributed by atoms with Gasteiger partial charge in [-0.1, -0.05) is 12.1 Å². The summed E-state index contributed by atoms with van der Waals surface area (Å²) in [7, 11) is 0. The lowest BCUT2D eigenvalue weighted by molar-refractivity contribution is -0.440. The first-order chi connectivity index (χ1) is 10.3. The van der Waals surface area contributed by atoms with E-state index >= 15 is 0 Å². The topological polar surface area (TPSA) is 94.1 Å². The molecule has 0 aliphatic rings. The van der Waals surface area contributed by atoms with E-state index in [1.807, 2.05) is 0 Å². The van der Waals surface area contributed by atoms with Gasteiger partial charge in [-0.15, -0.1) is 0 Å². The van der Waals surface area contributed by atoms with Crippen molar-refractivity contribution in [2.24, 2.45) is 5.92 Å².